The number of carbonyl (C=O) groups is 4. The summed E-state index contributed by atoms with van der Waals surface area (Å²) in [6.07, 6.45) is 0. The summed E-state index contributed by atoms with van der Waals surface area (Å²) >= 11 is 5.85. The molecule has 22 heteroatoms. The van der Waals surface area contributed by atoms with E-state index in [0.29, 0.717) is 4.90 Å². The fourth-order valence-corrected chi connectivity index (χ4v) is 5.14. The number of halogens is 3. The van der Waals surface area contributed by atoms with Crippen LogP contribution in [0.4, 0.5) is 8.78 Å². The molecule has 4 rings (SSSR count). The molecular formula is C22H6B12ClF2N3O4. The largest absolute Gasteiger partial charge is 0.358 e. The summed E-state index contributed by atoms with van der Waals surface area (Å²) in [6, 6.07) is 3.39. The Balaban J connectivity index is 1.68. The Labute approximate surface area is 272 Å². The van der Waals surface area contributed by atoms with Crippen molar-refractivity contribution in [3.63, 3.8) is 0 Å². The summed E-state index contributed by atoms with van der Waals surface area (Å²) in [6.45, 7) is -0.547. The molecule has 2 aromatic carbocycles. The third kappa shape index (κ3) is 4.53. The second-order valence-electron chi connectivity index (χ2n) is 10.5. The van der Waals surface area contributed by atoms with E-state index in [9.17, 15) is 19.2 Å². The number of hydrogen-bond acceptors (Lipinski definition) is 4. The molecular weight excluding hydrogens is 573 g/mol. The number of nitrogens with one attached hydrogen (secondary N) is 1. The zero-order valence-electron chi connectivity index (χ0n) is 22.5. The van der Waals surface area contributed by atoms with E-state index >= 15 is 8.78 Å². The van der Waals surface area contributed by atoms with Crippen LogP contribution < -0.4 is 27.2 Å². The quantitative estimate of drug-likeness (QED) is 0.283. The Hall–Kier alpha value is -2.55. The number of rotatable bonds is 5. The third-order valence-electron chi connectivity index (χ3n) is 7.76. The zero-order valence-corrected chi connectivity index (χ0v) is 23.3. The Morgan fingerprint density at radius 3 is 1.95 bits per heavy atom. The minimum absolute atomic E-state index is 0.0123. The van der Waals surface area contributed by atoms with E-state index in [0.717, 1.165) is 18.2 Å². The fourth-order valence-electron chi connectivity index (χ4n) is 4.93. The van der Waals surface area contributed by atoms with Crippen LogP contribution in [-0.2, 0) is 32.2 Å². The van der Waals surface area contributed by atoms with Crippen LogP contribution >= 0.6 is 11.6 Å². The molecule has 0 saturated carbocycles. The average molecular weight is 580 g/mol. The van der Waals surface area contributed by atoms with Crippen LogP contribution in [0.1, 0.15) is 27.0 Å². The van der Waals surface area contributed by atoms with Gasteiger partial charge >= 0.3 is 5.92 Å². The number of amides is 4. The molecule has 0 aliphatic carbocycles. The normalized spacial score (nSPS) is 21.3. The van der Waals surface area contributed by atoms with E-state index in [-0.39, 0.29) is 21.5 Å². The van der Waals surface area contributed by atoms with E-state index in [1.54, 1.807) is 5.32 Å². The molecule has 2 heterocycles. The van der Waals surface area contributed by atoms with Gasteiger partial charge < -0.3 is 15.0 Å². The Bertz CT molecular complexity index is 1650. The zero-order chi connectivity index (χ0) is 33.7. The second kappa shape index (κ2) is 10.5. The van der Waals surface area contributed by atoms with Crippen LogP contribution in [0.25, 0.3) is 0 Å². The van der Waals surface area contributed by atoms with E-state index in [4.69, 9.17) is 106 Å². The smallest absolute Gasteiger partial charge is 0.348 e. The van der Waals surface area contributed by atoms with Gasteiger partial charge in [-0.2, -0.15) is 8.78 Å². The van der Waals surface area contributed by atoms with E-state index in [2.05, 4.69) is 0 Å². The molecule has 44 heavy (non-hydrogen) atoms. The molecule has 1 unspecified atom stereocenters. The molecule has 2 aromatic rings. The number of carbonyl (C=O) groups excluding carboxylic acids is 4. The summed E-state index contributed by atoms with van der Waals surface area (Å²) in [5.41, 5.74) is -7.00. The first-order chi connectivity index (χ1) is 19.9. The average Bonchev–Trinajstić information content (AvgIpc) is 3.28. The van der Waals surface area contributed by atoms with Gasteiger partial charge in [-0.15, -0.1) is 0 Å². The molecule has 24 radical (unpaired) electrons. The number of benzene rings is 2. The van der Waals surface area contributed by atoms with Crippen LogP contribution in [0.15, 0.2) is 18.2 Å². The molecule has 1 saturated heterocycles. The maximum absolute atomic E-state index is 15.4. The lowest BCUT2D eigenvalue weighted by atomic mass is 9.21. The Morgan fingerprint density at radius 2 is 1.43 bits per heavy atom. The summed E-state index contributed by atoms with van der Waals surface area (Å²) in [4.78, 5) is 52.4. The van der Waals surface area contributed by atoms with E-state index in [1.807, 2.05) is 0 Å². The van der Waals surface area contributed by atoms with Crippen molar-refractivity contribution in [3.8, 4) is 0 Å². The minimum Gasteiger partial charge on any atom is -0.358 e. The van der Waals surface area contributed by atoms with Crippen LogP contribution in [0.2, 0.25) is 15.5 Å². The van der Waals surface area contributed by atoms with Gasteiger partial charge in [0, 0.05) is 22.7 Å². The number of fused-ring (bicyclic) bond motifs is 1. The summed E-state index contributed by atoms with van der Waals surface area (Å²) in [7, 11) is 70.1. The molecule has 4 amide bonds. The molecule has 0 spiro atoms. The second-order valence-corrected chi connectivity index (χ2v) is 10.9. The first-order valence-corrected chi connectivity index (χ1v) is 12.5. The lowest BCUT2D eigenvalue weighted by Gasteiger charge is -2.62. The van der Waals surface area contributed by atoms with Gasteiger partial charge in [-0.25, -0.2) is 0 Å². The first kappa shape index (κ1) is 34.3. The molecule has 2 aliphatic rings. The van der Waals surface area contributed by atoms with Gasteiger partial charge in [0.15, 0.2) is 0 Å². The lowest BCUT2D eigenvalue weighted by Crippen LogP contribution is -2.75. The van der Waals surface area contributed by atoms with Crippen molar-refractivity contribution in [2.45, 2.75) is 33.7 Å². The van der Waals surface area contributed by atoms with Gasteiger partial charge in [-0.1, -0.05) is 50.8 Å². The van der Waals surface area contributed by atoms with Crippen molar-refractivity contribution in [3.05, 3.63) is 45.5 Å². The molecule has 0 bridgehead atoms. The number of piperidine rings is 1. The monoisotopic (exact) mass is 581 g/mol. The summed E-state index contributed by atoms with van der Waals surface area (Å²) in [5, 5.41) is -6.64. The van der Waals surface area contributed by atoms with Crippen molar-refractivity contribution >= 4 is 151 Å². The number of nitrogens with zero attached hydrogens (tertiary/aromatic N) is 2. The number of alkyl halides is 2. The summed E-state index contributed by atoms with van der Waals surface area (Å²) < 4.78 is 30.8. The highest BCUT2D eigenvalue weighted by Gasteiger charge is 2.64. The van der Waals surface area contributed by atoms with Gasteiger partial charge in [-0.3, -0.25) is 19.2 Å². The van der Waals surface area contributed by atoms with Crippen molar-refractivity contribution < 1.29 is 28.0 Å². The van der Waals surface area contributed by atoms with Crippen molar-refractivity contribution in [1.82, 2.24) is 15.0 Å². The topological polar surface area (TPSA) is 86.8 Å². The predicted octanol–water partition coefficient (Wildman–Crippen LogP) is -5.95. The van der Waals surface area contributed by atoms with Gasteiger partial charge in [0.2, 0.25) is 19.8 Å². The van der Waals surface area contributed by atoms with E-state index in [1.165, 1.54) is 0 Å². The number of imide groups is 1. The standard InChI is InChI=1S/C22H6B12ClF2N3O4/c23-9-8(10(24)12(26)13(35)11(9)25)18(36,37)15(42)38-21(30,31)6-1-2-7-5(3-6)4-39(14(7)41)20(29)17(44)40(34)16(43)19(27,28)22(20,32)33/h1-3H,4H2,(H,38,42). The van der Waals surface area contributed by atoms with Crippen molar-refractivity contribution in [1.29, 1.82) is 0 Å². The third-order valence-corrected chi connectivity index (χ3v) is 8.16. The molecule has 1 atom stereocenters. The van der Waals surface area contributed by atoms with Gasteiger partial charge in [-0.05, 0) is 27.7 Å². The van der Waals surface area contributed by atoms with Gasteiger partial charge in [0.05, 0.1) is 52.5 Å². The van der Waals surface area contributed by atoms with E-state index < -0.39 is 89.7 Å². The van der Waals surface area contributed by atoms with Gasteiger partial charge in [0.25, 0.3) is 11.8 Å². The van der Waals surface area contributed by atoms with Crippen molar-refractivity contribution in [2.24, 2.45) is 0 Å². The number of hydrogen-bond donors (Lipinski definition) is 1. The SMILES string of the molecule is [B]c1c([B])c(C(F)(F)C(=O)NC([B])([B])c2ccc3c(c2)CN(C2([B])C(=O)N([B])C(=O)C([B])([B])C2([B])[B])C3=O)c([B])c([B])c1Cl. The Kier molecular flexibility index (Phi) is 8.19. The molecule has 190 valence electrons. The van der Waals surface area contributed by atoms with Gasteiger partial charge in [0.1, 0.15) is 39.2 Å². The molecule has 0 aromatic heterocycles. The maximum atomic E-state index is 15.4. The highest BCUT2D eigenvalue weighted by atomic mass is 35.5. The van der Waals surface area contributed by atoms with Crippen LogP contribution in [0, 0.1) is 0 Å². The summed E-state index contributed by atoms with van der Waals surface area (Å²) in [5.74, 6) is -10.3. The molecule has 1 fully saturated rings. The lowest BCUT2D eigenvalue weighted by molar-refractivity contribution is -0.149. The molecule has 1 N–H and O–H groups in total. The predicted molar refractivity (Wildman–Crippen MR) is 169 cm³/mol. The van der Waals surface area contributed by atoms with Crippen LogP contribution in [0.5, 0.6) is 0 Å². The fraction of sp³-hybridized carbons (Fsp3) is 0.273. The highest BCUT2D eigenvalue weighted by Crippen LogP contribution is 2.57. The van der Waals surface area contributed by atoms with Crippen LogP contribution in [0.3, 0.4) is 0 Å². The maximum Gasteiger partial charge on any atom is 0.348 e. The minimum atomic E-state index is -4.49. The molecule has 7 nitrogen and oxygen atoms in total. The van der Waals surface area contributed by atoms with Crippen LogP contribution in [-0.4, -0.2) is 133 Å². The Morgan fingerprint density at radius 1 is 0.909 bits per heavy atom. The molecule has 2 aliphatic heterocycles. The highest BCUT2D eigenvalue weighted by molar-refractivity contribution is 6.68. The first-order valence-electron chi connectivity index (χ1n) is 12.1. The van der Waals surface area contributed by atoms with Crippen molar-refractivity contribution in [2.75, 3.05) is 0 Å².